The van der Waals surface area contributed by atoms with Crippen LogP contribution in [-0.2, 0) is 32.7 Å². The van der Waals surface area contributed by atoms with Crippen LogP contribution in [0, 0.1) is 0 Å². The van der Waals surface area contributed by atoms with Crippen molar-refractivity contribution in [3.05, 3.63) is 12.2 Å². The molecular weight excluding hydrogens is 569 g/mol. The molecule has 2 atom stereocenters. The summed E-state index contributed by atoms with van der Waals surface area (Å²) in [6, 6.07) is 0. The maximum Gasteiger partial charge on any atom is 0.472 e. The van der Waals surface area contributed by atoms with Crippen LogP contribution >= 0.6 is 7.82 Å². The van der Waals surface area contributed by atoms with Crippen LogP contribution in [0.4, 0.5) is 0 Å². The summed E-state index contributed by atoms with van der Waals surface area (Å²) in [5.74, 6) is -0.842. The molecule has 0 aliphatic rings. The molecule has 0 saturated heterocycles. The van der Waals surface area contributed by atoms with Crippen molar-refractivity contribution < 1.29 is 37.6 Å². The van der Waals surface area contributed by atoms with Gasteiger partial charge in [-0.05, 0) is 38.5 Å². The van der Waals surface area contributed by atoms with Crippen molar-refractivity contribution in [2.24, 2.45) is 5.73 Å². The minimum Gasteiger partial charge on any atom is -0.462 e. The van der Waals surface area contributed by atoms with Gasteiger partial charge in [0, 0.05) is 19.4 Å². The first-order valence-electron chi connectivity index (χ1n) is 17.2. The molecule has 254 valence electrons. The zero-order valence-electron chi connectivity index (χ0n) is 27.4. The van der Waals surface area contributed by atoms with Crippen molar-refractivity contribution in [3.8, 4) is 0 Å². The highest BCUT2D eigenvalue weighted by molar-refractivity contribution is 7.47. The van der Waals surface area contributed by atoms with Crippen molar-refractivity contribution in [1.82, 2.24) is 0 Å². The summed E-state index contributed by atoms with van der Waals surface area (Å²) in [7, 11) is -4.36. The van der Waals surface area contributed by atoms with Crippen molar-refractivity contribution in [3.63, 3.8) is 0 Å². The van der Waals surface area contributed by atoms with E-state index in [1.54, 1.807) is 0 Å². The number of carbonyl (C=O) groups is 2. The van der Waals surface area contributed by atoms with Gasteiger partial charge in [-0.2, -0.15) is 0 Å². The fourth-order valence-corrected chi connectivity index (χ4v) is 5.33. The third-order valence-corrected chi connectivity index (χ3v) is 8.14. The number of phosphoric ester groups is 1. The first-order chi connectivity index (χ1) is 20.8. The second-order valence-corrected chi connectivity index (χ2v) is 12.8. The minimum atomic E-state index is -4.36. The minimum absolute atomic E-state index is 0.0541. The highest BCUT2D eigenvalue weighted by atomic mass is 31.2. The number of hydrogen-bond acceptors (Lipinski definition) is 8. The predicted octanol–water partition coefficient (Wildman–Crippen LogP) is 8.71. The van der Waals surface area contributed by atoms with Gasteiger partial charge in [0.05, 0.1) is 13.2 Å². The molecule has 0 heterocycles. The summed E-state index contributed by atoms with van der Waals surface area (Å²) < 4.78 is 32.5. The maximum absolute atomic E-state index is 12.4. The van der Waals surface area contributed by atoms with Crippen molar-refractivity contribution in [1.29, 1.82) is 0 Å². The lowest BCUT2D eigenvalue weighted by atomic mass is 10.1. The summed E-state index contributed by atoms with van der Waals surface area (Å²) >= 11 is 0. The molecule has 0 bridgehead atoms. The number of carbonyl (C=O) groups excluding carboxylic acids is 2. The van der Waals surface area contributed by atoms with Crippen LogP contribution < -0.4 is 5.73 Å². The highest BCUT2D eigenvalue weighted by Gasteiger charge is 2.25. The molecule has 0 aromatic carbocycles. The lowest BCUT2D eigenvalue weighted by Crippen LogP contribution is -2.29. The first-order valence-corrected chi connectivity index (χ1v) is 18.7. The molecule has 0 rings (SSSR count). The van der Waals surface area contributed by atoms with Gasteiger partial charge in [0.15, 0.2) is 6.10 Å². The third-order valence-electron chi connectivity index (χ3n) is 7.15. The topological polar surface area (TPSA) is 134 Å². The van der Waals surface area contributed by atoms with E-state index in [4.69, 9.17) is 24.3 Å². The molecular formula is C33H64NO8P. The Kier molecular flexibility index (Phi) is 29.9. The first kappa shape index (κ1) is 41.8. The monoisotopic (exact) mass is 633 g/mol. The van der Waals surface area contributed by atoms with E-state index in [0.29, 0.717) is 6.42 Å². The number of unbranched alkanes of at least 4 members (excludes halogenated alkanes) is 17. The number of hydrogen-bond donors (Lipinski definition) is 2. The zero-order chi connectivity index (χ0) is 31.9. The second kappa shape index (κ2) is 30.8. The Bertz CT molecular complexity index is 734. The van der Waals surface area contributed by atoms with Crippen LogP contribution in [0.1, 0.15) is 155 Å². The average Bonchev–Trinajstić information content (AvgIpc) is 2.99. The van der Waals surface area contributed by atoms with Gasteiger partial charge in [-0.15, -0.1) is 0 Å². The lowest BCUT2D eigenvalue weighted by Gasteiger charge is -2.19. The van der Waals surface area contributed by atoms with E-state index < -0.39 is 26.5 Å². The van der Waals surface area contributed by atoms with Crippen molar-refractivity contribution in [2.75, 3.05) is 26.4 Å². The standard InChI is InChI=1S/C33H64NO8P/c1-3-5-7-9-11-13-14-15-16-17-18-20-22-24-26-33(36)42-31(30-41-43(37,38)40-28-27-34)29-39-32(35)25-23-21-19-12-10-8-6-4-2/h14-15,31H,3-13,16-30,34H2,1-2H3,(H,37,38)/b15-14+/t31-/m1/s1. The number of ether oxygens (including phenoxy) is 2. The fraction of sp³-hybridized carbons (Fsp3) is 0.879. The molecule has 0 spiro atoms. The molecule has 0 aliphatic heterocycles. The fourth-order valence-electron chi connectivity index (χ4n) is 4.57. The van der Waals surface area contributed by atoms with Crippen molar-refractivity contribution >= 4 is 19.8 Å². The maximum atomic E-state index is 12.4. The molecule has 9 nitrogen and oxygen atoms in total. The van der Waals surface area contributed by atoms with Crippen LogP contribution in [0.5, 0.6) is 0 Å². The van der Waals surface area contributed by atoms with Gasteiger partial charge >= 0.3 is 19.8 Å². The van der Waals surface area contributed by atoms with E-state index in [0.717, 1.165) is 51.4 Å². The van der Waals surface area contributed by atoms with Crippen molar-refractivity contribution in [2.45, 2.75) is 161 Å². The number of nitrogens with two attached hydrogens (primary N) is 1. The summed E-state index contributed by atoms with van der Waals surface area (Å²) in [6.45, 7) is 3.66. The molecule has 10 heteroatoms. The molecule has 0 radical (unpaired) electrons. The Hall–Kier alpha value is -1.25. The van der Waals surface area contributed by atoms with Gasteiger partial charge in [0.2, 0.25) is 0 Å². The summed E-state index contributed by atoms with van der Waals surface area (Å²) in [5.41, 5.74) is 5.31. The normalized spacial score (nSPS) is 13.7. The summed E-state index contributed by atoms with van der Waals surface area (Å²) in [4.78, 5) is 34.5. The SMILES string of the molecule is CCCCCCC/C=C/CCCCCCCC(=O)O[C@H](COC(=O)CCCCCCCCCC)COP(=O)(O)OCCN. The van der Waals surface area contributed by atoms with E-state index in [-0.39, 0.29) is 38.6 Å². The Morgan fingerprint density at radius 1 is 0.674 bits per heavy atom. The Morgan fingerprint density at radius 2 is 1.14 bits per heavy atom. The van der Waals surface area contributed by atoms with Crippen LogP contribution in [0.15, 0.2) is 12.2 Å². The molecule has 43 heavy (non-hydrogen) atoms. The number of rotatable bonds is 32. The Morgan fingerprint density at radius 3 is 1.65 bits per heavy atom. The molecule has 0 aromatic rings. The van der Waals surface area contributed by atoms with Gasteiger partial charge in [0.1, 0.15) is 6.61 Å². The van der Waals surface area contributed by atoms with Gasteiger partial charge in [-0.3, -0.25) is 18.6 Å². The molecule has 0 fully saturated rings. The van der Waals surface area contributed by atoms with Crippen LogP contribution in [0.25, 0.3) is 0 Å². The van der Waals surface area contributed by atoms with E-state index in [1.165, 1.54) is 70.6 Å². The van der Waals surface area contributed by atoms with E-state index in [2.05, 4.69) is 26.0 Å². The van der Waals surface area contributed by atoms with E-state index in [1.807, 2.05) is 0 Å². The van der Waals surface area contributed by atoms with E-state index in [9.17, 15) is 19.0 Å². The number of phosphoric acid groups is 1. The van der Waals surface area contributed by atoms with Gasteiger partial charge < -0.3 is 20.1 Å². The van der Waals surface area contributed by atoms with Crippen LogP contribution in [0.2, 0.25) is 0 Å². The molecule has 0 amide bonds. The largest absolute Gasteiger partial charge is 0.472 e. The third kappa shape index (κ3) is 30.6. The average molecular weight is 634 g/mol. The van der Waals surface area contributed by atoms with Crippen LogP contribution in [-0.4, -0.2) is 49.3 Å². The molecule has 0 aromatic heterocycles. The van der Waals surface area contributed by atoms with Gasteiger partial charge in [-0.25, -0.2) is 4.57 Å². The second-order valence-electron chi connectivity index (χ2n) is 11.4. The number of allylic oxidation sites excluding steroid dienone is 2. The highest BCUT2D eigenvalue weighted by Crippen LogP contribution is 2.43. The number of esters is 2. The molecule has 0 saturated carbocycles. The Balaban J connectivity index is 4.27. The van der Waals surface area contributed by atoms with E-state index >= 15 is 0 Å². The predicted molar refractivity (Wildman–Crippen MR) is 174 cm³/mol. The molecule has 3 N–H and O–H groups in total. The van der Waals surface area contributed by atoms with Crippen LogP contribution in [0.3, 0.4) is 0 Å². The Labute approximate surface area is 262 Å². The zero-order valence-corrected chi connectivity index (χ0v) is 28.3. The lowest BCUT2D eigenvalue weighted by molar-refractivity contribution is -0.161. The quantitative estimate of drug-likeness (QED) is 0.0323. The smallest absolute Gasteiger partial charge is 0.462 e. The summed E-state index contributed by atoms with van der Waals surface area (Å²) in [6.07, 6.45) is 26.8. The molecule has 1 unspecified atom stereocenters. The van der Waals surface area contributed by atoms with Gasteiger partial charge in [0.25, 0.3) is 0 Å². The van der Waals surface area contributed by atoms with Gasteiger partial charge in [-0.1, -0.05) is 116 Å². The molecule has 0 aliphatic carbocycles. The summed E-state index contributed by atoms with van der Waals surface area (Å²) in [5, 5.41) is 0.